The number of carbonyl (C=O) groups is 1. The van der Waals surface area contributed by atoms with Gasteiger partial charge in [0.15, 0.2) is 0 Å². The van der Waals surface area contributed by atoms with Gasteiger partial charge in [-0.3, -0.25) is 0 Å². The molecule has 0 radical (unpaired) electrons. The highest BCUT2D eigenvalue weighted by molar-refractivity contribution is 9.10. The summed E-state index contributed by atoms with van der Waals surface area (Å²) in [6.45, 7) is 3.95. The number of benzene rings is 2. The first-order valence-electron chi connectivity index (χ1n) is 6.44. The van der Waals surface area contributed by atoms with E-state index in [1.54, 1.807) is 0 Å². The van der Waals surface area contributed by atoms with Crippen molar-refractivity contribution < 1.29 is 4.79 Å². The lowest BCUT2D eigenvalue weighted by Crippen LogP contribution is -2.31. The molecule has 2 N–H and O–H groups in total. The van der Waals surface area contributed by atoms with Crippen LogP contribution >= 0.6 is 15.9 Å². The van der Waals surface area contributed by atoms with Crippen molar-refractivity contribution in [2.45, 2.75) is 19.9 Å². The highest BCUT2D eigenvalue weighted by Gasteiger charge is 2.09. The molecular formula is C16H17BrN2O. The Kier molecular flexibility index (Phi) is 4.79. The minimum atomic E-state index is -0.203. The zero-order valence-electron chi connectivity index (χ0n) is 11.5. The molecule has 0 fully saturated rings. The quantitative estimate of drug-likeness (QED) is 0.844. The van der Waals surface area contributed by atoms with Crippen LogP contribution in [0.2, 0.25) is 0 Å². The van der Waals surface area contributed by atoms with Crippen LogP contribution in [0.3, 0.4) is 0 Å². The Labute approximate surface area is 127 Å². The number of urea groups is 1. The summed E-state index contributed by atoms with van der Waals surface area (Å²) in [6.07, 6.45) is 0. The summed E-state index contributed by atoms with van der Waals surface area (Å²) in [7, 11) is 0. The monoisotopic (exact) mass is 332 g/mol. The topological polar surface area (TPSA) is 41.1 Å². The van der Waals surface area contributed by atoms with Crippen molar-refractivity contribution in [2.24, 2.45) is 0 Å². The lowest BCUT2D eigenvalue weighted by molar-refractivity contribution is 0.249. The zero-order valence-corrected chi connectivity index (χ0v) is 13.1. The minimum absolute atomic E-state index is 0.0482. The van der Waals surface area contributed by atoms with Gasteiger partial charge in [-0.15, -0.1) is 0 Å². The van der Waals surface area contributed by atoms with Gasteiger partial charge >= 0.3 is 6.03 Å². The maximum Gasteiger partial charge on any atom is 0.319 e. The van der Waals surface area contributed by atoms with Crippen LogP contribution in [0.25, 0.3) is 0 Å². The molecule has 4 heteroatoms. The largest absolute Gasteiger partial charge is 0.331 e. The summed E-state index contributed by atoms with van der Waals surface area (Å²) in [5, 5.41) is 5.75. The molecular weight excluding hydrogens is 316 g/mol. The van der Waals surface area contributed by atoms with Crippen LogP contribution in [0.15, 0.2) is 53.0 Å². The summed E-state index contributed by atoms with van der Waals surface area (Å²) in [6, 6.07) is 15.4. The maximum absolute atomic E-state index is 11.9. The molecule has 20 heavy (non-hydrogen) atoms. The van der Waals surface area contributed by atoms with E-state index in [1.165, 1.54) is 0 Å². The van der Waals surface area contributed by atoms with Crippen LogP contribution in [-0.4, -0.2) is 6.03 Å². The first-order valence-corrected chi connectivity index (χ1v) is 7.23. The van der Waals surface area contributed by atoms with Crippen molar-refractivity contribution in [1.82, 2.24) is 5.32 Å². The molecule has 0 saturated carbocycles. The van der Waals surface area contributed by atoms with Crippen LogP contribution in [0.4, 0.5) is 10.5 Å². The van der Waals surface area contributed by atoms with E-state index in [0.717, 1.165) is 21.3 Å². The van der Waals surface area contributed by atoms with Crippen molar-refractivity contribution >= 4 is 27.6 Å². The van der Waals surface area contributed by atoms with E-state index >= 15 is 0 Å². The fourth-order valence-electron chi connectivity index (χ4n) is 1.92. The van der Waals surface area contributed by atoms with Gasteiger partial charge in [-0.05, 0) is 49.2 Å². The normalized spacial score (nSPS) is 11.8. The second kappa shape index (κ2) is 6.57. The molecule has 3 nitrogen and oxygen atoms in total. The summed E-state index contributed by atoms with van der Waals surface area (Å²) in [4.78, 5) is 11.9. The molecule has 0 aliphatic heterocycles. The van der Waals surface area contributed by atoms with E-state index in [9.17, 15) is 4.79 Å². The number of rotatable bonds is 3. The molecule has 0 saturated heterocycles. The second-order valence-electron chi connectivity index (χ2n) is 4.74. The lowest BCUT2D eigenvalue weighted by Gasteiger charge is -2.15. The van der Waals surface area contributed by atoms with Crippen molar-refractivity contribution in [3.05, 3.63) is 64.1 Å². The predicted molar refractivity (Wildman–Crippen MR) is 85.9 cm³/mol. The summed E-state index contributed by atoms with van der Waals surface area (Å²) in [5.74, 6) is 0. The van der Waals surface area contributed by atoms with E-state index in [1.807, 2.05) is 62.4 Å². The van der Waals surface area contributed by atoms with Gasteiger partial charge in [0.2, 0.25) is 0 Å². The van der Waals surface area contributed by atoms with Crippen LogP contribution < -0.4 is 10.6 Å². The van der Waals surface area contributed by atoms with Crippen LogP contribution in [0, 0.1) is 6.92 Å². The number of carbonyl (C=O) groups excluding carboxylic acids is 1. The molecule has 0 spiro atoms. The number of nitrogens with one attached hydrogen (secondary N) is 2. The van der Waals surface area contributed by atoms with Gasteiger partial charge in [0, 0.05) is 10.2 Å². The molecule has 0 heterocycles. The Balaban J connectivity index is 1.95. The first kappa shape index (κ1) is 14.6. The van der Waals surface area contributed by atoms with Gasteiger partial charge < -0.3 is 10.6 Å². The first-order chi connectivity index (χ1) is 9.54. The SMILES string of the molecule is Cc1cccc(NC(=O)NC(C)c2ccc(Br)cc2)c1. The Morgan fingerprint density at radius 3 is 2.50 bits per heavy atom. The molecule has 2 rings (SSSR count). The molecule has 104 valence electrons. The van der Waals surface area contributed by atoms with E-state index in [4.69, 9.17) is 0 Å². The molecule has 2 amide bonds. The fraction of sp³-hybridized carbons (Fsp3) is 0.188. The number of amides is 2. The van der Waals surface area contributed by atoms with E-state index in [0.29, 0.717) is 0 Å². The number of hydrogen-bond acceptors (Lipinski definition) is 1. The third kappa shape index (κ3) is 4.10. The van der Waals surface area contributed by atoms with Crippen molar-refractivity contribution in [1.29, 1.82) is 0 Å². The molecule has 0 aromatic heterocycles. The zero-order chi connectivity index (χ0) is 14.5. The molecule has 1 unspecified atom stereocenters. The highest BCUT2D eigenvalue weighted by Crippen LogP contribution is 2.17. The van der Waals surface area contributed by atoms with Crippen molar-refractivity contribution in [3.8, 4) is 0 Å². The summed E-state index contributed by atoms with van der Waals surface area (Å²) >= 11 is 3.40. The number of hydrogen-bond donors (Lipinski definition) is 2. The standard InChI is InChI=1S/C16H17BrN2O/c1-11-4-3-5-15(10-11)19-16(20)18-12(2)13-6-8-14(17)9-7-13/h3-10,12H,1-2H3,(H2,18,19,20). The average Bonchev–Trinajstić information content (AvgIpc) is 2.39. The van der Waals surface area contributed by atoms with Gasteiger partial charge in [-0.1, -0.05) is 40.2 Å². The highest BCUT2D eigenvalue weighted by atomic mass is 79.9. The smallest absolute Gasteiger partial charge is 0.319 e. The number of halogens is 1. The predicted octanol–water partition coefficient (Wildman–Crippen LogP) is 4.64. The van der Waals surface area contributed by atoms with Gasteiger partial charge in [0.1, 0.15) is 0 Å². The van der Waals surface area contributed by atoms with E-state index in [2.05, 4.69) is 26.6 Å². The summed E-state index contributed by atoms with van der Waals surface area (Å²) < 4.78 is 1.03. The summed E-state index contributed by atoms with van der Waals surface area (Å²) in [5.41, 5.74) is 2.97. The molecule has 0 aliphatic rings. The van der Waals surface area contributed by atoms with Crippen LogP contribution in [-0.2, 0) is 0 Å². The van der Waals surface area contributed by atoms with E-state index in [-0.39, 0.29) is 12.1 Å². The van der Waals surface area contributed by atoms with Crippen LogP contribution in [0.5, 0.6) is 0 Å². The number of anilines is 1. The minimum Gasteiger partial charge on any atom is -0.331 e. The van der Waals surface area contributed by atoms with Gasteiger partial charge in [0.05, 0.1) is 6.04 Å². The van der Waals surface area contributed by atoms with Crippen molar-refractivity contribution in [3.63, 3.8) is 0 Å². The Hall–Kier alpha value is -1.81. The van der Waals surface area contributed by atoms with Gasteiger partial charge in [-0.2, -0.15) is 0 Å². The molecule has 0 bridgehead atoms. The maximum atomic E-state index is 11.9. The lowest BCUT2D eigenvalue weighted by atomic mass is 10.1. The third-order valence-electron chi connectivity index (χ3n) is 2.99. The van der Waals surface area contributed by atoms with Gasteiger partial charge in [0.25, 0.3) is 0 Å². The van der Waals surface area contributed by atoms with Crippen LogP contribution in [0.1, 0.15) is 24.1 Å². The third-order valence-corrected chi connectivity index (χ3v) is 3.52. The van der Waals surface area contributed by atoms with Crippen molar-refractivity contribution in [2.75, 3.05) is 5.32 Å². The van der Waals surface area contributed by atoms with Gasteiger partial charge in [-0.25, -0.2) is 4.79 Å². The molecule has 1 atom stereocenters. The Morgan fingerprint density at radius 1 is 1.15 bits per heavy atom. The Morgan fingerprint density at radius 2 is 1.85 bits per heavy atom. The molecule has 2 aromatic rings. The Bertz CT molecular complexity index is 596. The molecule has 0 aliphatic carbocycles. The fourth-order valence-corrected chi connectivity index (χ4v) is 2.19. The van der Waals surface area contributed by atoms with E-state index < -0.39 is 0 Å². The average molecular weight is 333 g/mol. The molecule has 2 aromatic carbocycles. The second-order valence-corrected chi connectivity index (χ2v) is 5.66. The number of aryl methyl sites for hydroxylation is 1.